The Morgan fingerprint density at radius 2 is 1.72 bits per heavy atom. The lowest BCUT2D eigenvalue weighted by molar-refractivity contribution is 0.0983. The Morgan fingerprint density at radius 3 is 2.31 bits per heavy atom. The van der Waals surface area contributed by atoms with Crippen LogP contribution in [0, 0.1) is 0 Å². The molecule has 0 radical (unpaired) electrons. The van der Waals surface area contributed by atoms with Crippen molar-refractivity contribution in [2.24, 2.45) is 0 Å². The lowest BCUT2D eigenvalue weighted by Gasteiger charge is -2.24. The van der Waals surface area contributed by atoms with Crippen LogP contribution in [0.15, 0.2) is 52.3 Å². The number of carbonyl (C=O) groups is 1. The monoisotopic (exact) mass is 491 g/mol. The second-order valence-corrected chi connectivity index (χ2v) is 11.4. The number of rotatable bonds is 10. The summed E-state index contributed by atoms with van der Waals surface area (Å²) in [5, 5.41) is 0.653. The van der Waals surface area contributed by atoms with E-state index in [4.69, 9.17) is 4.98 Å². The van der Waals surface area contributed by atoms with E-state index in [0.29, 0.717) is 17.2 Å². The molecule has 0 fully saturated rings. The maximum Gasteiger partial charge on any atom is 0.260 e. The lowest BCUT2D eigenvalue weighted by atomic mass is 10.2. The number of carbonyl (C=O) groups excluding carboxylic acids is 1. The van der Waals surface area contributed by atoms with E-state index in [2.05, 4.69) is 24.8 Å². The van der Waals surface area contributed by atoms with Crippen molar-refractivity contribution >= 4 is 54.2 Å². The van der Waals surface area contributed by atoms with Gasteiger partial charge in [-0.2, -0.15) is 0 Å². The number of benzene rings is 2. The zero-order valence-electron chi connectivity index (χ0n) is 18.9. The molecule has 0 aliphatic carbocycles. The Balaban J connectivity index is 1.96. The molecule has 0 spiro atoms. The molecule has 3 rings (SSSR count). The summed E-state index contributed by atoms with van der Waals surface area (Å²) in [6.07, 6.45) is 2.03. The topological polar surface area (TPSA) is 70.6 Å². The number of hydrogen-bond acceptors (Lipinski definition) is 7. The summed E-state index contributed by atoms with van der Waals surface area (Å²) in [6.45, 7) is 8.85. The van der Waals surface area contributed by atoms with Crippen molar-refractivity contribution in [3.8, 4) is 0 Å². The molecule has 2 aromatic carbocycles. The Bertz CT molecular complexity index is 1170. The molecule has 0 aliphatic rings. The van der Waals surface area contributed by atoms with Crippen LogP contribution >= 0.6 is 23.1 Å². The van der Waals surface area contributed by atoms with Gasteiger partial charge < -0.3 is 4.90 Å². The van der Waals surface area contributed by atoms with E-state index in [1.165, 1.54) is 23.5 Å². The lowest BCUT2D eigenvalue weighted by Crippen LogP contribution is -2.38. The molecule has 0 aliphatic heterocycles. The first kappa shape index (κ1) is 24.7. The molecular weight excluding hydrogens is 462 g/mol. The van der Waals surface area contributed by atoms with Gasteiger partial charge in [0.2, 0.25) is 0 Å². The van der Waals surface area contributed by atoms with Gasteiger partial charge in [-0.3, -0.25) is 9.69 Å². The van der Waals surface area contributed by atoms with Crippen LogP contribution in [0.1, 0.15) is 31.1 Å². The Morgan fingerprint density at radius 1 is 1.03 bits per heavy atom. The first-order chi connectivity index (χ1) is 15.3. The fourth-order valence-electron chi connectivity index (χ4n) is 3.33. The third-order valence-electron chi connectivity index (χ3n) is 5.44. The number of hydrogen-bond donors (Lipinski definition) is 0. The van der Waals surface area contributed by atoms with Gasteiger partial charge in [-0.05, 0) is 61.8 Å². The van der Waals surface area contributed by atoms with Crippen LogP contribution in [0.2, 0.25) is 0 Å². The highest BCUT2D eigenvalue weighted by molar-refractivity contribution is 7.98. The van der Waals surface area contributed by atoms with Crippen molar-refractivity contribution < 1.29 is 13.2 Å². The second kappa shape index (κ2) is 10.8. The fourth-order valence-corrected chi connectivity index (χ4v) is 5.76. The molecule has 172 valence electrons. The number of anilines is 1. The summed E-state index contributed by atoms with van der Waals surface area (Å²) in [5.74, 6) is -0.151. The van der Waals surface area contributed by atoms with Crippen molar-refractivity contribution in [1.29, 1.82) is 0 Å². The molecule has 0 N–H and O–H groups in total. The molecular formula is C23H29N3O3S3. The van der Waals surface area contributed by atoms with Gasteiger partial charge in [-0.15, -0.1) is 11.8 Å². The molecule has 0 saturated carbocycles. The van der Waals surface area contributed by atoms with E-state index in [1.807, 2.05) is 18.4 Å². The maximum absolute atomic E-state index is 13.5. The van der Waals surface area contributed by atoms with Gasteiger partial charge in [0.15, 0.2) is 15.0 Å². The van der Waals surface area contributed by atoms with E-state index in [9.17, 15) is 13.2 Å². The third kappa shape index (κ3) is 5.51. The number of amides is 1. The van der Waals surface area contributed by atoms with Gasteiger partial charge in [0, 0.05) is 23.5 Å². The number of thiazole rings is 1. The van der Waals surface area contributed by atoms with Crippen molar-refractivity contribution in [1.82, 2.24) is 9.88 Å². The fraction of sp³-hybridized carbons (Fsp3) is 0.391. The quantitative estimate of drug-likeness (QED) is 0.380. The summed E-state index contributed by atoms with van der Waals surface area (Å²) >= 11 is 3.17. The molecule has 3 aromatic rings. The predicted octanol–water partition coefficient (Wildman–Crippen LogP) is 4.80. The molecule has 0 unspecified atom stereocenters. The van der Waals surface area contributed by atoms with Crippen LogP contribution in [-0.4, -0.2) is 62.4 Å². The molecule has 6 nitrogen and oxygen atoms in total. The standard InChI is InChI=1S/C23H29N3O3S3/c1-5-25(6-2)14-15-26(23-24-20-13-10-18(30-4)16-21(20)31-23)22(27)17-8-11-19(12-9-17)32(28,29)7-3/h8-13,16H,5-7,14-15H2,1-4H3. The number of fused-ring (bicyclic) bond motifs is 1. The van der Waals surface area contributed by atoms with Gasteiger partial charge >= 0.3 is 0 Å². The molecule has 1 aromatic heterocycles. The normalized spacial score (nSPS) is 11.9. The van der Waals surface area contributed by atoms with E-state index >= 15 is 0 Å². The van der Waals surface area contributed by atoms with E-state index < -0.39 is 9.84 Å². The third-order valence-corrected chi connectivity index (χ3v) is 8.95. The summed E-state index contributed by atoms with van der Waals surface area (Å²) in [5.41, 5.74) is 1.32. The molecule has 9 heteroatoms. The Kier molecular flexibility index (Phi) is 8.32. The smallest absolute Gasteiger partial charge is 0.260 e. The highest BCUT2D eigenvalue weighted by atomic mass is 32.2. The maximum atomic E-state index is 13.5. The number of sulfone groups is 1. The van der Waals surface area contributed by atoms with Crippen LogP contribution in [0.25, 0.3) is 10.2 Å². The van der Waals surface area contributed by atoms with E-state index in [0.717, 1.165) is 34.7 Å². The molecule has 1 heterocycles. The van der Waals surface area contributed by atoms with Gasteiger partial charge in [-0.25, -0.2) is 13.4 Å². The first-order valence-electron chi connectivity index (χ1n) is 10.6. The van der Waals surface area contributed by atoms with Crippen molar-refractivity contribution in [3.63, 3.8) is 0 Å². The number of likely N-dealkylation sites (N-methyl/N-ethyl adjacent to an activating group) is 1. The van der Waals surface area contributed by atoms with Gasteiger partial charge in [0.25, 0.3) is 5.91 Å². The van der Waals surface area contributed by atoms with Gasteiger partial charge in [0.1, 0.15) is 0 Å². The molecule has 0 saturated heterocycles. The number of nitrogens with zero attached hydrogens (tertiary/aromatic N) is 3. The zero-order chi connectivity index (χ0) is 23.3. The Labute approximate surface area is 198 Å². The highest BCUT2D eigenvalue weighted by Crippen LogP contribution is 2.32. The summed E-state index contributed by atoms with van der Waals surface area (Å²) < 4.78 is 25.3. The average Bonchev–Trinajstić information content (AvgIpc) is 3.24. The summed E-state index contributed by atoms with van der Waals surface area (Å²) in [6, 6.07) is 12.3. The predicted molar refractivity (Wildman–Crippen MR) is 135 cm³/mol. The van der Waals surface area contributed by atoms with Crippen LogP contribution < -0.4 is 4.90 Å². The second-order valence-electron chi connectivity index (χ2n) is 7.24. The van der Waals surface area contributed by atoms with Crippen LogP contribution in [-0.2, 0) is 9.84 Å². The highest BCUT2D eigenvalue weighted by Gasteiger charge is 2.23. The van der Waals surface area contributed by atoms with Crippen LogP contribution in [0.5, 0.6) is 0 Å². The minimum atomic E-state index is -3.31. The largest absolute Gasteiger partial charge is 0.302 e. The van der Waals surface area contributed by atoms with Crippen molar-refractivity contribution in [2.45, 2.75) is 30.6 Å². The number of thioether (sulfide) groups is 1. The Hall–Kier alpha value is -1.94. The van der Waals surface area contributed by atoms with Crippen LogP contribution in [0.3, 0.4) is 0 Å². The first-order valence-corrected chi connectivity index (χ1v) is 14.3. The molecule has 32 heavy (non-hydrogen) atoms. The molecule has 0 bridgehead atoms. The van der Waals surface area contributed by atoms with E-state index in [1.54, 1.807) is 35.7 Å². The minimum Gasteiger partial charge on any atom is -0.302 e. The van der Waals surface area contributed by atoms with Crippen molar-refractivity contribution in [2.75, 3.05) is 43.1 Å². The van der Waals surface area contributed by atoms with Gasteiger partial charge in [0.05, 0.1) is 20.9 Å². The minimum absolute atomic E-state index is 0.0278. The van der Waals surface area contributed by atoms with Crippen LogP contribution in [0.4, 0.5) is 5.13 Å². The summed E-state index contributed by atoms with van der Waals surface area (Å²) in [7, 11) is -3.31. The van der Waals surface area contributed by atoms with Gasteiger partial charge in [-0.1, -0.05) is 32.1 Å². The SMILES string of the molecule is CCN(CC)CCN(C(=O)c1ccc(S(=O)(=O)CC)cc1)c1nc2ccc(SC)cc2s1. The van der Waals surface area contributed by atoms with E-state index in [-0.39, 0.29) is 16.6 Å². The molecule has 1 amide bonds. The summed E-state index contributed by atoms with van der Waals surface area (Å²) in [4.78, 5) is 23.6. The van der Waals surface area contributed by atoms with Crippen molar-refractivity contribution in [3.05, 3.63) is 48.0 Å². The number of aromatic nitrogens is 1. The zero-order valence-corrected chi connectivity index (χ0v) is 21.3. The average molecular weight is 492 g/mol. The molecule has 0 atom stereocenters.